The second-order valence-corrected chi connectivity index (χ2v) is 5.72. The number of halogens is 2. The molecule has 1 aliphatic carbocycles. The maximum atomic E-state index is 13.6. The Morgan fingerprint density at radius 2 is 2.10 bits per heavy atom. The molecule has 0 atom stereocenters. The number of hydrogen-bond donors (Lipinski definition) is 1. The van der Waals surface area contributed by atoms with E-state index in [9.17, 15) is 14.4 Å². The first-order chi connectivity index (χ1) is 9.97. The highest BCUT2D eigenvalue weighted by Gasteiger charge is 2.33. The van der Waals surface area contributed by atoms with Crippen molar-refractivity contribution in [2.45, 2.75) is 32.1 Å². The van der Waals surface area contributed by atoms with Crippen LogP contribution in [-0.2, 0) is 0 Å². The highest BCUT2D eigenvalue weighted by atomic mass is 35.5. The molecule has 2 rings (SSSR count). The van der Waals surface area contributed by atoms with Crippen LogP contribution in [0.4, 0.5) is 4.39 Å². The van der Waals surface area contributed by atoms with Crippen molar-refractivity contribution in [2.24, 2.45) is 5.41 Å². The van der Waals surface area contributed by atoms with E-state index in [-0.39, 0.29) is 17.4 Å². The Bertz CT molecular complexity index is 591. The lowest BCUT2D eigenvalue weighted by Gasteiger charge is -2.30. The summed E-state index contributed by atoms with van der Waals surface area (Å²) in [6.45, 7) is 0.134. The summed E-state index contributed by atoms with van der Waals surface area (Å²) in [7, 11) is 0. The van der Waals surface area contributed by atoms with E-state index in [2.05, 4.69) is 6.07 Å². The zero-order chi connectivity index (χ0) is 15.5. The molecule has 0 bridgehead atoms. The van der Waals surface area contributed by atoms with Gasteiger partial charge in [0.15, 0.2) is 0 Å². The second kappa shape index (κ2) is 6.31. The Morgan fingerprint density at radius 1 is 1.43 bits per heavy atom. The van der Waals surface area contributed by atoms with Crippen LogP contribution in [0.1, 0.15) is 42.5 Å². The van der Waals surface area contributed by atoms with Crippen molar-refractivity contribution >= 4 is 17.6 Å². The lowest BCUT2D eigenvalue weighted by molar-refractivity contribution is 0.0691. The summed E-state index contributed by atoms with van der Waals surface area (Å²) in [5, 5.41) is 18.2. The molecule has 1 aromatic carbocycles. The van der Waals surface area contributed by atoms with Gasteiger partial charge in [-0.3, -0.25) is 0 Å². The number of benzene rings is 1. The number of aromatic carboxylic acids is 1. The minimum absolute atomic E-state index is 0.0256. The Balaban J connectivity index is 2.15. The molecule has 0 heterocycles. The first-order valence-corrected chi connectivity index (χ1v) is 7.12. The first kappa shape index (κ1) is 15.6. The summed E-state index contributed by atoms with van der Waals surface area (Å²) in [5.74, 6) is -2.22. The summed E-state index contributed by atoms with van der Waals surface area (Å²) in [6, 6.07) is 4.28. The molecular formula is C15H15ClFNO3. The van der Waals surface area contributed by atoms with Crippen molar-refractivity contribution in [3.8, 4) is 11.8 Å². The molecular weight excluding hydrogens is 297 g/mol. The van der Waals surface area contributed by atoms with Gasteiger partial charge in [0.1, 0.15) is 18.2 Å². The Hall–Kier alpha value is -1.80. The molecule has 1 fully saturated rings. The van der Waals surface area contributed by atoms with E-state index in [1.807, 2.05) is 0 Å². The molecule has 0 radical (unpaired) electrons. The predicted molar refractivity (Wildman–Crippen MR) is 75.0 cm³/mol. The van der Waals surface area contributed by atoms with Crippen LogP contribution in [0.3, 0.4) is 0 Å². The van der Waals surface area contributed by atoms with E-state index in [0.717, 1.165) is 44.2 Å². The van der Waals surface area contributed by atoms with Crippen molar-refractivity contribution < 1.29 is 19.0 Å². The molecule has 1 aliphatic rings. The molecule has 6 heteroatoms. The van der Waals surface area contributed by atoms with Gasteiger partial charge in [0.2, 0.25) is 0 Å². The topological polar surface area (TPSA) is 70.3 Å². The van der Waals surface area contributed by atoms with Crippen molar-refractivity contribution in [2.75, 3.05) is 6.61 Å². The Labute approximate surface area is 127 Å². The van der Waals surface area contributed by atoms with E-state index >= 15 is 0 Å². The third-order valence-electron chi connectivity index (χ3n) is 3.80. The fraction of sp³-hybridized carbons (Fsp3) is 0.467. The summed E-state index contributed by atoms with van der Waals surface area (Å²) in [4.78, 5) is 10.8. The summed E-state index contributed by atoms with van der Waals surface area (Å²) in [5.41, 5.74) is -1.07. The van der Waals surface area contributed by atoms with Gasteiger partial charge in [-0.05, 0) is 18.9 Å². The normalized spacial score (nSPS) is 17.0. The number of carboxylic acids is 1. The maximum Gasteiger partial charge on any atom is 0.338 e. The van der Waals surface area contributed by atoms with Gasteiger partial charge in [-0.2, -0.15) is 5.26 Å². The number of carboxylic acid groups (broad SMARTS) is 1. The van der Waals surface area contributed by atoms with Gasteiger partial charge in [0, 0.05) is 6.07 Å². The number of carbonyl (C=O) groups is 1. The van der Waals surface area contributed by atoms with E-state index in [0.29, 0.717) is 0 Å². The molecule has 4 nitrogen and oxygen atoms in total. The zero-order valence-corrected chi connectivity index (χ0v) is 12.1. The number of ether oxygens (including phenoxy) is 1. The van der Waals surface area contributed by atoms with Gasteiger partial charge in [0.25, 0.3) is 0 Å². The average Bonchev–Trinajstić information content (AvgIpc) is 2.48. The monoisotopic (exact) mass is 311 g/mol. The molecule has 112 valence electrons. The van der Waals surface area contributed by atoms with Gasteiger partial charge in [-0.25, -0.2) is 9.18 Å². The quantitative estimate of drug-likeness (QED) is 0.911. The SMILES string of the molecule is N#CC1(COc2cc(F)c(C(=O)O)cc2Cl)CCCCC1. The lowest BCUT2D eigenvalue weighted by Crippen LogP contribution is -2.29. The van der Waals surface area contributed by atoms with Crippen molar-refractivity contribution in [1.82, 2.24) is 0 Å². The first-order valence-electron chi connectivity index (χ1n) is 6.74. The highest BCUT2D eigenvalue weighted by molar-refractivity contribution is 6.32. The minimum Gasteiger partial charge on any atom is -0.490 e. The molecule has 0 aliphatic heterocycles. The molecule has 0 amide bonds. The molecule has 1 aromatic rings. The van der Waals surface area contributed by atoms with E-state index in [4.69, 9.17) is 21.4 Å². The van der Waals surface area contributed by atoms with Crippen LogP contribution in [-0.4, -0.2) is 17.7 Å². The van der Waals surface area contributed by atoms with Crippen LogP contribution in [0, 0.1) is 22.6 Å². The number of nitrogens with zero attached hydrogens (tertiary/aromatic N) is 1. The molecule has 21 heavy (non-hydrogen) atoms. The van der Waals surface area contributed by atoms with E-state index < -0.39 is 22.8 Å². The van der Waals surface area contributed by atoms with Crippen LogP contribution in [0.2, 0.25) is 5.02 Å². The van der Waals surface area contributed by atoms with Crippen LogP contribution in [0.25, 0.3) is 0 Å². The maximum absolute atomic E-state index is 13.6. The molecule has 1 N–H and O–H groups in total. The highest BCUT2D eigenvalue weighted by Crippen LogP contribution is 2.37. The van der Waals surface area contributed by atoms with Crippen molar-refractivity contribution in [3.63, 3.8) is 0 Å². The number of rotatable bonds is 4. The summed E-state index contributed by atoms with van der Waals surface area (Å²) < 4.78 is 19.1. The third-order valence-corrected chi connectivity index (χ3v) is 4.10. The molecule has 0 aromatic heterocycles. The summed E-state index contributed by atoms with van der Waals surface area (Å²) >= 11 is 5.91. The standard InChI is InChI=1S/C15H15ClFNO3/c16-11-6-10(14(19)20)12(17)7-13(11)21-9-15(8-18)4-2-1-3-5-15/h6-7H,1-5,9H2,(H,19,20). The zero-order valence-electron chi connectivity index (χ0n) is 11.4. The van der Waals surface area contributed by atoms with Gasteiger partial charge in [-0.1, -0.05) is 30.9 Å². The van der Waals surface area contributed by atoms with Crippen LogP contribution < -0.4 is 4.74 Å². The van der Waals surface area contributed by atoms with Crippen LogP contribution >= 0.6 is 11.6 Å². The minimum atomic E-state index is -1.39. The number of nitriles is 1. The summed E-state index contributed by atoms with van der Waals surface area (Å²) in [6.07, 6.45) is 4.54. The number of hydrogen-bond acceptors (Lipinski definition) is 3. The van der Waals surface area contributed by atoms with Crippen molar-refractivity contribution in [1.29, 1.82) is 5.26 Å². The molecule has 0 unspecified atom stereocenters. The lowest BCUT2D eigenvalue weighted by atomic mass is 9.76. The Morgan fingerprint density at radius 3 is 2.67 bits per heavy atom. The smallest absolute Gasteiger partial charge is 0.338 e. The van der Waals surface area contributed by atoms with E-state index in [1.54, 1.807) is 0 Å². The van der Waals surface area contributed by atoms with Crippen LogP contribution in [0.15, 0.2) is 12.1 Å². The second-order valence-electron chi connectivity index (χ2n) is 5.31. The predicted octanol–water partition coefficient (Wildman–Crippen LogP) is 4.03. The average molecular weight is 312 g/mol. The fourth-order valence-corrected chi connectivity index (χ4v) is 2.75. The van der Waals surface area contributed by atoms with Gasteiger partial charge in [-0.15, -0.1) is 0 Å². The fourth-order valence-electron chi connectivity index (χ4n) is 2.54. The van der Waals surface area contributed by atoms with Gasteiger partial charge >= 0.3 is 5.97 Å². The van der Waals surface area contributed by atoms with Crippen molar-refractivity contribution in [3.05, 3.63) is 28.5 Å². The van der Waals surface area contributed by atoms with Gasteiger partial charge < -0.3 is 9.84 Å². The Kier molecular flexibility index (Phi) is 4.69. The van der Waals surface area contributed by atoms with E-state index in [1.165, 1.54) is 0 Å². The third kappa shape index (κ3) is 3.45. The molecule has 0 spiro atoms. The largest absolute Gasteiger partial charge is 0.490 e. The van der Waals surface area contributed by atoms with Crippen LogP contribution in [0.5, 0.6) is 5.75 Å². The van der Waals surface area contributed by atoms with Gasteiger partial charge in [0.05, 0.1) is 22.1 Å². The molecule has 1 saturated carbocycles. The molecule has 0 saturated heterocycles.